The van der Waals surface area contributed by atoms with Crippen LogP contribution in [0.4, 0.5) is 5.69 Å². The van der Waals surface area contributed by atoms with Gasteiger partial charge in [0, 0.05) is 18.7 Å². The Morgan fingerprint density at radius 2 is 1.82 bits per heavy atom. The molecule has 1 nitrogen and oxygen atoms in total. The predicted molar refractivity (Wildman–Crippen MR) is 75.1 cm³/mol. The van der Waals surface area contributed by atoms with Crippen molar-refractivity contribution in [2.24, 2.45) is 0 Å². The summed E-state index contributed by atoms with van der Waals surface area (Å²) in [7, 11) is 0. The maximum atomic E-state index is 5.21. The summed E-state index contributed by atoms with van der Waals surface area (Å²) in [4.78, 5) is 0. The third-order valence-corrected chi connectivity index (χ3v) is 2.83. The van der Waals surface area contributed by atoms with Gasteiger partial charge in [0.1, 0.15) is 0 Å². The monoisotopic (exact) mass is 223 g/mol. The Morgan fingerprint density at radius 1 is 1.00 bits per heavy atom. The van der Waals surface area contributed by atoms with E-state index in [0.29, 0.717) is 0 Å². The number of nitrogens with one attached hydrogen (secondary N) is 1. The number of anilines is 1. The fourth-order valence-corrected chi connectivity index (χ4v) is 1.88. The van der Waals surface area contributed by atoms with Crippen molar-refractivity contribution >= 4 is 16.5 Å². The largest absolute Gasteiger partial charge is 0.385 e. The molecule has 1 N–H and O–H groups in total. The SMILES string of the molecule is C#CCCCCNc1ccc2ccccc2c1. The van der Waals surface area contributed by atoms with E-state index in [1.54, 1.807) is 0 Å². The van der Waals surface area contributed by atoms with Crippen LogP contribution in [0.15, 0.2) is 42.5 Å². The molecule has 1 heteroatoms. The first-order valence-electron chi connectivity index (χ1n) is 6.06. The van der Waals surface area contributed by atoms with Crippen molar-refractivity contribution in [1.29, 1.82) is 0 Å². The van der Waals surface area contributed by atoms with Crippen LogP contribution in [0.2, 0.25) is 0 Å². The number of terminal acetylenes is 1. The van der Waals surface area contributed by atoms with Crippen molar-refractivity contribution in [2.75, 3.05) is 11.9 Å². The van der Waals surface area contributed by atoms with Gasteiger partial charge in [0.05, 0.1) is 0 Å². The van der Waals surface area contributed by atoms with E-state index in [-0.39, 0.29) is 0 Å². The summed E-state index contributed by atoms with van der Waals surface area (Å²) in [5, 5.41) is 5.99. The number of rotatable bonds is 5. The van der Waals surface area contributed by atoms with Crippen molar-refractivity contribution in [3.05, 3.63) is 42.5 Å². The van der Waals surface area contributed by atoms with Gasteiger partial charge < -0.3 is 5.32 Å². The molecule has 0 saturated carbocycles. The molecule has 0 spiro atoms. The Bertz CT molecular complexity index is 522. The molecule has 0 aliphatic carbocycles. The smallest absolute Gasteiger partial charge is 0.0346 e. The topological polar surface area (TPSA) is 12.0 Å². The Labute approximate surface area is 103 Å². The number of benzene rings is 2. The van der Waals surface area contributed by atoms with Crippen molar-refractivity contribution < 1.29 is 0 Å². The van der Waals surface area contributed by atoms with Crippen LogP contribution < -0.4 is 5.32 Å². The fraction of sp³-hybridized carbons (Fsp3) is 0.250. The molecular weight excluding hydrogens is 206 g/mol. The van der Waals surface area contributed by atoms with E-state index in [1.807, 2.05) is 0 Å². The minimum Gasteiger partial charge on any atom is -0.385 e. The lowest BCUT2D eigenvalue weighted by Crippen LogP contribution is -2.00. The van der Waals surface area contributed by atoms with Crippen molar-refractivity contribution in [3.8, 4) is 12.3 Å². The number of fused-ring (bicyclic) bond motifs is 1. The van der Waals surface area contributed by atoms with E-state index in [0.717, 1.165) is 25.8 Å². The van der Waals surface area contributed by atoms with E-state index in [2.05, 4.69) is 53.7 Å². The summed E-state index contributed by atoms with van der Waals surface area (Å²) in [5.41, 5.74) is 1.18. The van der Waals surface area contributed by atoms with Gasteiger partial charge >= 0.3 is 0 Å². The highest BCUT2D eigenvalue weighted by Crippen LogP contribution is 2.18. The molecule has 0 amide bonds. The quantitative estimate of drug-likeness (QED) is 0.595. The minimum atomic E-state index is 0.874. The highest BCUT2D eigenvalue weighted by molar-refractivity contribution is 5.85. The average Bonchev–Trinajstić information content (AvgIpc) is 2.38. The molecule has 0 heterocycles. The molecule has 2 rings (SSSR count). The van der Waals surface area contributed by atoms with E-state index >= 15 is 0 Å². The van der Waals surface area contributed by atoms with Gasteiger partial charge in [-0.15, -0.1) is 12.3 Å². The highest BCUT2D eigenvalue weighted by Gasteiger charge is 1.95. The van der Waals surface area contributed by atoms with Crippen LogP contribution in [-0.2, 0) is 0 Å². The van der Waals surface area contributed by atoms with Crippen LogP contribution in [0, 0.1) is 12.3 Å². The zero-order chi connectivity index (χ0) is 11.9. The van der Waals surface area contributed by atoms with Gasteiger partial charge in [0.2, 0.25) is 0 Å². The summed E-state index contributed by atoms with van der Waals surface area (Å²) in [6.07, 6.45) is 8.30. The van der Waals surface area contributed by atoms with Gasteiger partial charge in [-0.25, -0.2) is 0 Å². The molecule has 0 aliphatic rings. The van der Waals surface area contributed by atoms with Crippen molar-refractivity contribution in [1.82, 2.24) is 0 Å². The standard InChI is InChI=1S/C16H17N/c1-2-3-4-7-12-17-16-11-10-14-8-5-6-9-15(14)13-16/h1,5-6,8-11,13,17H,3-4,7,12H2. The van der Waals surface area contributed by atoms with Gasteiger partial charge in [-0.2, -0.15) is 0 Å². The molecule has 0 atom stereocenters. The second kappa shape index (κ2) is 5.96. The molecule has 0 unspecified atom stereocenters. The maximum absolute atomic E-state index is 5.21. The molecule has 17 heavy (non-hydrogen) atoms. The number of hydrogen-bond acceptors (Lipinski definition) is 1. The highest BCUT2D eigenvalue weighted by atomic mass is 14.9. The molecule has 0 fully saturated rings. The summed E-state index contributed by atoms with van der Waals surface area (Å²) in [6.45, 7) is 0.986. The fourth-order valence-electron chi connectivity index (χ4n) is 1.88. The van der Waals surface area contributed by atoms with E-state index < -0.39 is 0 Å². The zero-order valence-electron chi connectivity index (χ0n) is 9.95. The van der Waals surface area contributed by atoms with Crippen LogP contribution in [0.5, 0.6) is 0 Å². The minimum absolute atomic E-state index is 0.874. The second-order valence-electron chi connectivity index (χ2n) is 4.15. The average molecular weight is 223 g/mol. The molecular formula is C16H17N. The van der Waals surface area contributed by atoms with Gasteiger partial charge in [-0.3, -0.25) is 0 Å². The van der Waals surface area contributed by atoms with Crippen LogP contribution in [0.3, 0.4) is 0 Å². The number of hydrogen-bond donors (Lipinski definition) is 1. The summed E-state index contributed by atoms with van der Waals surface area (Å²) >= 11 is 0. The Kier molecular flexibility index (Phi) is 4.05. The van der Waals surface area contributed by atoms with Gasteiger partial charge in [-0.05, 0) is 35.7 Å². The second-order valence-corrected chi connectivity index (χ2v) is 4.15. The lowest BCUT2D eigenvalue weighted by atomic mass is 10.1. The maximum Gasteiger partial charge on any atom is 0.0346 e. The lowest BCUT2D eigenvalue weighted by Gasteiger charge is -2.07. The van der Waals surface area contributed by atoms with Crippen LogP contribution in [-0.4, -0.2) is 6.54 Å². The van der Waals surface area contributed by atoms with Gasteiger partial charge in [0.15, 0.2) is 0 Å². The number of unbranched alkanes of at least 4 members (excludes halogenated alkanes) is 2. The van der Waals surface area contributed by atoms with E-state index in [4.69, 9.17) is 6.42 Å². The summed E-state index contributed by atoms with van der Waals surface area (Å²) in [6, 6.07) is 14.9. The third-order valence-electron chi connectivity index (χ3n) is 2.83. The lowest BCUT2D eigenvalue weighted by molar-refractivity contribution is 0.790. The van der Waals surface area contributed by atoms with Crippen LogP contribution >= 0.6 is 0 Å². The summed E-state index contributed by atoms with van der Waals surface area (Å²) < 4.78 is 0. The first kappa shape index (κ1) is 11.5. The molecule has 0 aromatic heterocycles. The molecule has 0 saturated heterocycles. The predicted octanol–water partition coefficient (Wildman–Crippen LogP) is 4.06. The van der Waals surface area contributed by atoms with Crippen molar-refractivity contribution in [2.45, 2.75) is 19.3 Å². The van der Waals surface area contributed by atoms with Crippen LogP contribution in [0.25, 0.3) is 10.8 Å². The molecule has 0 aliphatic heterocycles. The summed E-state index contributed by atoms with van der Waals surface area (Å²) in [5.74, 6) is 2.66. The molecule has 0 bridgehead atoms. The van der Waals surface area contributed by atoms with Gasteiger partial charge in [0.25, 0.3) is 0 Å². The molecule has 2 aromatic rings. The third kappa shape index (κ3) is 3.26. The molecule has 2 aromatic carbocycles. The molecule has 86 valence electrons. The Hall–Kier alpha value is -1.94. The van der Waals surface area contributed by atoms with Crippen LogP contribution in [0.1, 0.15) is 19.3 Å². The molecule has 0 radical (unpaired) electrons. The Balaban J connectivity index is 1.93. The Morgan fingerprint density at radius 3 is 2.65 bits per heavy atom. The normalized spacial score (nSPS) is 10.1. The first-order chi connectivity index (χ1) is 8.40. The van der Waals surface area contributed by atoms with Crippen molar-refractivity contribution in [3.63, 3.8) is 0 Å². The first-order valence-corrected chi connectivity index (χ1v) is 6.06. The van der Waals surface area contributed by atoms with Gasteiger partial charge in [-0.1, -0.05) is 30.3 Å². The van der Waals surface area contributed by atoms with E-state index in [9.17, 15) is 0 Å². The zero-order valence-corrected chi connectivity index (χ0v) is 9.95. The van der Waals surface area contributed by atoms with E-state index in [1.165, 1.54) is 16.5 Å².